The number of ether oxygens (including phenoxy) is 1. The molecule has 2 fully saturated rings. The van der Waals surface area contributed by atoms with Crippen LogP contribution in [0.15, 0.2) is 35.6 Å². The zero-order chi connectivity index (χ0) is 18.4. The molecule has 1 amide bonds. The lowest BCUT2D eigenvalue weighted by Crippen LogP contribution is -2.53. The fourth-order valence-corrected chi connectivity index (χ4v) is 5.01. The molecule has 0 saturated heterocycles. The molecular weight excluding hydrogens is 337 g/mol. The van der Waals surface area contributed by atoms with Crippen molar-refractivity contribution in [3.63, 3.8) is 0 Å². The van der Waals surface area contributed by atoms with E-state index in [4.69, 9.17) is 4.74 Å². The van der Waals surface area contributed by atoms with Gasteiger partial charge in [-0.25, -0.2) is 9.18 Å². The molecule has 2 saturated carbocycles. The van der Waals surface area contributed by atoms with Crippen LogP contribution in [0.3, 0.4) is 0 Å². The van der Waals surface area contributed by atoms with Crippen molar-refractivity contribution in [1.82, 2.24) is 4.90 Å². The van der Waals surface area contributed by atoms with E-state index in [-0.39, 0.29) is 35.7 Å². The summed E-state index contributed by atoms with van der Waals surface area (Å²) in [5.74, 6) is -1.26. The van der Waals surface area contributed by atoms with Crippen molar-refractivity contribution < 1.29 is 23.8 Å². The van der Waals surface area contributed by atoms with E-state index in [2.05, 4.69) is 0 Å². The van der Waals surface area contributed by atoms with Gasteiger partial charge in [0.1, 0.15) is 11.6 Å². The number of halogens is 1. The molecule has 0 unspecified atom stereocenters. The first-order chi connectivity index (χ1) is 12.5. The predicted octanol–water partition coefficient (Wildman–Crippen LogP) is 2.96. The van der Waals surface area contributed by atoms with Gasteiger partial charge in [-0.05, 0) is 55.7 Å². The van der Waals surface area contributed by atoms with Crippen molar-refractivity contribution in [2.24, 2.45) is 17.8 Å². The first kappa shape index (κ1) is 17.1. The summed E-state index contributed by atoms with van der Waals surface area (Å²) in [6, 6.07) is 5.91. The summed E-state index contributed by atoms with van der Waals surface area (Å²) in [7, 11) is 0. The number of nitrogens with zero attached hydrogens (tertiary/aromatic N) is 1. The number of carbonyl (C=O) groups is 2. The molecule has 6 heteroatoms. The molecule has 138 valence electrons. The summed E-state index contributed by atoms with van der Waals surface area (Å²) >= 11 is 0. The maximum atomic E-state index is 13.2. The number of aliphatic hydroxyl groups excluding tert-OH is 1. The topological polar surface area (TPSA) is 66.8 Å². The normalized spacial score (nSPS) is 29.9. The van der Waals surface area contributed by atoms with Gasteiger partial charge in [-0.3, -0.25) is 4.79 Å². The zero-order valence-electron chi connectivity index (χ0n) is 14.7. The molecule has 26 heavy (non-hydrogen) atoms. The molecule has 2 aliphatic carbocycles. The predicted molar refractivity (Wildman–Crippen MR) is 91.3 cm³/mol. The van der Waals surface area contributed by atoms with Gasteiger partial charge in [-0.15, -0.1) is 0 Å². The van der Waals surface area contributed by atoms with Crippen LogP contribution in [0, 0.1) is 23.6 Å². The molecule has 0 spiro atoms. The highest BCUT2D eigenvalue weighted by Crippen LogP contribution is 2.55. The van der Waals surface area contributed by atoms with Gasteiger partial charge in [0.05, 0.1) is 6.61 Å². The number of aliphatic hydroxyl groups is 1. The van der Waals surface area contributed by atoms with Gasteiger partial charge in [0.2, 0.25) is 0 Å². The van der Waals surface area contributed by atoms with E-state index in [0.29, 0.717) is 18.4 Å². The lowest BCUT2D eigenvalue weighted by Gasteiger charge is -2.43. The molecular formula is C20H22FNO4. The number of hydrogen-bond acceptors (Lipinski definition) is 4. The number of amides is 1. The van der Waals surface area contributed by atoms with Crippen molar-refractivity contribution in [1.29, 1.82) is 0 Å². The fraction of sp³-hybridized carbons (Fsp3) is 0.500. The van der Waals surface area contributed by atoms with Gasteiger partial charge in [0.15, 0.2) is 5.57 Å². The van der Waals surface area contributed by atoms with Gasteiger partial charge < -0.3 is 14.7 Å². The van der Waals surface area contributed by atoms with E-state index in [1.165, 1.54) is 12.1 Å². The van der Waals surface area contributed by atoms with Crippen molar-refractivity contribution in [3.05, 3.63) is 47.0 Å². The highest BCUT2D eigenvalue weighted by Gasteiger charge is 2.57. The Morgan fingerprint density at radius 2 is 1.96 bits per heavy atom. The molecule has 0 radical (unpaired) electrons. The molecule has 1 N–H and O–H groups in total. The lowest BCUT2D eigenvalue weighted by atomic mass is 9.78. The summed E-state index contributed by atoms with van der Waals surface area (Å²) in [6.45, 7) is 2.10. The first-order valence-electron chi connectivity index (χ1n) is 9.17. The van der Waals surface area contributed by atoms with E-state index >= 15 is 0 Å². The number of esters is 1. The molecule has 4 rings (SSSR count). The standard InChI is InChI=1S/C20H22FNO4/c1-2-26-20(25)16-18(23)15-12-5-6-13(9-12)17(15)22(19(16)24)10-11-3-7-14(21)8-4-11/h3-4,7-8,12-13,15,17,23H,2,5-6,9-10H2,1H3/t12-,13+,15-,17+/m1/s1. The molecule has 1 aromatic carbocycles. The van der Waals surface area contributed by atoms with Crippen LogP contribution in [0.25, 0.3) is 0 Å². The van der Waals surface area contributed by atoms with Crippen LogP contribution < -0.4 is 0 Å². The van der Waals surface area contributed by atoms with Crippen LogP contribution in [0.2, 0.25) is 0 Å². The van der Waals surface area contributed by atoms with E-state index in [9.17, 15) is 19.1 Å². The number of carbonyl (C=O) groups excluding carboxylic acids is 2. The van der Waals surface area contributed by atoms with Crippen LogP contribution in [-0.4, -0.2) is 34.5 Å². The average molecular weight is 359 g/mol. The third-order valence-electron chi connectivity index (χ3n) is 6.02. The molecule has 1 aromatic rings. The second-order valence-electron chi connectivity index (χ2n) is 7.39. The Bertz CT molecular complexity index is 773. The fourth-order valence-electron chi connectivity index (χ4n) is 5.01. The maximum Gasteiger partial charge on any atom is 0.347 e. The Kier molecular flexibility index (Phi) is 4.21. The first-order valence-corrected chi connectivity index (χ1v) is 9.17. The quantitative estimate of drug-likeness (QED) is 0.663. The van der Waals surface area contributed by atoms with Crippen molar-refractivity contribution >= 4 is 11.9 Å². The summed E-state index contributed by atoms with van der Waals surface area (Å²) in [5.41, 5.74) is 0.564. The van der Waals surface area contributed by atoms with Crippen LogP contribution in [0.4, 0.5) is 4.39 Å². The monoisotopic (exact) mass is 359 g/mol. The number of benzene rings is 1. The van der Waals surface area contributed by atoms with Gasteiger partial charge in [-0.1, -0.05) is 12.1 Å². The molecule has 4 atom stereocenters. The van der Waals surface area contributed by atoms with Crippen molar-refractivity contribution in [2.45, 2.75) is 38.8 Å². The SMILES string of the molecule is CCOC(=O)C1=C(O)[C@@H]2[C@@H]3CC[C@@H](C3)[C@@H]2N(Cc2ccc(F)cc2)C1=O. The van der Waals surface area contributed by atoms with Crippen LogP contribution in [0.5, 0.6) is 0 Å². The molecule has 0 aromatic heterocycles. The van der Waals surface area contributed by atoms with Gasteiger partial charge in [0, 0.05) is 18.5 Å². The molecule has 2 bridgehead atoms. The van der Waals surface area contributed by atoms with Crippen LogP contribution in [0.1, 0.15) is 31.7 Å². The van der Waals surface area contributed by atoms with Crippen LogP contribution >= 0.6 is 0 Å². The Balaban J connectivity index is 1.72. The van der Waals surface area contributed by atoms with E-state index in [0.717, 1.165) is 24.8 Å². The summed E-state index contributed by atoms with van der Waals surface area (Å²) in [5, 5.41) is 10.7. The lowest BCUT2D eigenvalue weighted by molar-refractivity contribution is -0.146. The summed E-state index contributed by atoms with van der Waals surface area (Å²) in [4.78, 5) is 27.1. The summed E-state index contributed by atoms with van der Waals surface area (Å²) in [6.07, 6.45) is 2.99. The maximum absolute atomic E-state index is 13.2. The second kappa shape index (κ2) is 6.41. The molecule has 5 nitrogen and oxygen atoms in total. The Labute approximate surface area is 151 Å². The zero-order valence-corrected chi connectivity index (χ0v) is 14.7. The van der Waals surface area contributed by atoms with E-state index in [1.807, 2.05) is 0 Å². The summed E-state index contributed by atoms with van der Waals surface area (Å²) < 4.78 is 18.2. The number of fused-ring (bicyclic) bond motifs is 5. The van der Waals surface area contributed by atoms with E-state index in [1.54, 1.807) is 24.0 Å². The Morgan fingerprint density at radius 3 is 2.65 bits per heavy atom. The van der Waals surface area contributed by atoms with E-state index < -0.39 is 11.9 Å². The third kappa shape index (κ3) is 2.59. The van der Waals surface area contributed by atoms with Gasteiger partial charge in [0.25, 0.3) is 5.91 Å². The molecule has 1 heterocycles. The molecule has 1 aliphatic heterocycles. The van der Waals surface area contributed by atoms with Crippen molar-refractivity contribution in [2.75, 3.05) is 6.61 Å². The van der Waals surface area contributed by atoms with Gasteiger partial charge in [-0.2, -0.15) is 0 Å². The third-order valence-corrected chi connectivity index (χ3v) is 6.02. The minimum Gasteiger partial charge on any atom is -0.511 e. The molecule has 3 aliphatic rings. The second-order valence-corrected chi connectivity index (χ2v) is 7.39. The number of rotatable bonds is 4. The van der Waals surface area contributed by atoms with Crippen LogP contribution in [-0.2, 0) is 20.9 Å². The minimum atomic E-state index is -0.764. The Hall–Kier alpha value is -2.37. The highest BCUT2D eigenvalue weighted by molar-refractivity contribution is 6.17. The van der Waals surface area contributed by atoms with Gasteiger partial charge >= 0.3 is 5.97 Å². The Morgan fingerprint density at radius 1 is 1.27 bits per heavy atom. The number of hydrogen-bond donors (Lipinski definition) is 1. The minimum absolute atomic E-state index is 0.0963. The highest BCUT2D eigenvalue weighted by atomic mass is 19.1. The average Bonchev–Trinajstić information content (AvgIpc) is 3.22. The van der Waals surface area contributed by atoms with Crippen molar-refractivity contribution in [3.8, 4) is 0 Å². The smallest absolute Gasteiger partial charge is 0.347 e. The largest absolute Gasteiger partial charge is 0.511 e.